The summed E-state index contributed by atoms with van der Waals surface area (Å²) in [4.78, 5) is 0. The molecule has 102 valence electrons. The second kappa shape index (κ2) is 10.9. The number of nitrogens with one attached hydrogen (secondary N) is 5. The van der Waals surface area contributed by atoms with Crippen molar-refractivity contribution in [2.75, 3.05) is 45.8 Å². The van der Waals surface area contributed by atoms with E-state index in [1.807, 2.05) is 0 Å². The van der Waals surface area contributed by atoms with E-state index in [4.69, 9.17) is 0 Å². The van der Waals surface area contributed by atoms with E-state index in [2.05, 4.69) is 39.1 Å². The highest BCUT2D eigenvalue weighted by molar-refractivity contribution is 4.56. The van der Waals surface area contributed by atoms with Crippen LogP contribution in [0.2, 0.25) is 0 Å². The van der Waals surface area contributed by atoms with Gasteiger partial charge in [0.05, 0.1) is 0 Å². The molecular weight excluding hydrogens is 216 g/mol. The minimum Gasteiger partial charge on any atom is -0.314 e. The zero-order valence-corrected chi connectivity index (χ0v) is 11.0. The monoisotopic (exact) mass is 244 g/mol. The largest absolute Gasteiger partial charge is 0.314 e. The summed E-state index contributed by atoms with van der Waals surface area (Å²) in [7, 11) is 0. The molecule has 1 rings (SSSR count). The Kier molecular flexibility index (Phi) is 9.49. The van der Waals surface area contributed by atoms with Crippen LogP contribution in [0.1, 0.15) is 26.2 Å². The van der Waals surface area contributed by atoms with Crippen LogP contribution >= 0.6 is 0 Å². The molecule has 1 aliphatic heterocycles. The van der Waals surface area contributed by atoms with Crippen LogP contribution < -0.4 is 27.0 Å². The average molecular weight is 244 g/mol. The van der Waals surface area contributed by atoms with Crippen molar-refractivity contribution in [3.05, 3.63) is 0 Å². The SMILES string of the molecule is CCCCCN1NCCNCCNCCNN1. The Balaban J connectivity index is 2.17. The van der Waals surface area contributed by atoms with Gasteiger partial charge in [0.1, 0.15) is 0 Å². The lowest BCUT2D eigenvalue weighted by atomic mass is 10.2. The van der Waals surface area contributed by atoms with E-state index in [1.54, 1.807) is 0 Å². The van der Waals surface area contributed by atoms with Crippen LogP contribution in [0.4, 0.5) is 0 Å². The van der Waals surface area contributed by atoms with Crippen molar-refractivity contribution in [2.45, 2.75) is 26.2 Å². The molecule has 0 atom stereocenters. The van der Waals surface area contributed by atoms with Gasteiger partial charge in [0.25, 0.3) is 0 Å². The number of nitrogens with zero attached hydrogens (tertiary/aromatic N) is 1. The normalized spacial score (nSPS) is 21.7. The summed E-state index contributed by atoms with van der Waals surface area (Å²) in [6, 6.07) is 0. The molecule has 6 heteroatoms. The van der Waals surface area contributed by atoms with E-state index in [0.29, 0.717) is 0 Å². The molecule has 0 aromatic carbocycles. The van der Waals surface area contributed by atoms with Crippen molar-refractivity contribution in [2.24, 2.45) is 0 Å². The molecule has 0 aromatic rings. The molecule has 1 saturated heterocycles. The first kappa shape index (κ1) is 14.8. The van der Waals surface area contributed by atoms with Crippen LogP contribution in [0, 0.1) is 0 Å². The summed E-state index contributed by atoms with van der Waals surface area (Å²) in [5.41, 5.74) is 9.78. The van der Waals surface area contributed by atoms with Crippen LogP contribution in [-0.2, 0) is 0 Å². The van der Waals surface area contributed by atoms with Gasteiger partial charge in [0.15, 0.2) is 0 Å². The van der Waals surface area contributed by atoms with Crippen LogP contribution in [0.3, 0.4) is 0 Å². The van der Waals surface area contributed by atoms with E-state index >= 15 is 0 Å². The lowest BCUT2D eigenvalue weighted by Gasteiger charge is -2.25. The van der Waals surface area contributed by atoms with E-state index in [9.17, 15) is 0 Å². The lowest BCUT2D eigenvalue weighted by Crippen LogP contribution is -2.57. The van der Waals surface area contributed by atoms with Gasteiger partial charge in [-0.2, -0.15) is 10.7 Å². The highest BCUT2D eigenvalue weighted by Crippen LogP contribution is 1.93. The van der Waals surface area contributed by atoms with Gasteiger partial charge in [0, 0.05) is 45.8 Å². The van der Waals surface area contributed by atoms with Crippen molar-refractivity contribution < 1.29 is 0 Å². The van der Waals surface area contributed by atoms with Crippen molar-refractivity contribution in [1.82, 2.24) is 32.1 Å². The molecule has 0 spiro atoms. The molecule has 0 radical (unpaired) electrons. The van der Waals surface area contributed by atoms with E-state index in [-0.39, 0.29) is 0 Å². The number of rotatable bonds is 4. The topological polar surface area (TPSA) is 63.4 Å². The molecule has 0 aromatic heterocycles. The number of hydrazine groups is 3. The molecular formula is C11H28N6. The fraction of sp³-hybridized carbons (Fsp3) is 1.00. The summed E-state index contributed by atoms with van der Waals surface area (Å²) in [5, 5.41) is 8.81. The number of unbranched alkanes of at least 4 members (excludes halogenated alkanes) is 2. The molecule has 0 unspecified atom stereocenters. The Morgan fingerprint density at radius 2 is 1.59 bits per heavy atom. The lowest BCUT2D eigenvalue weighted by molar-refractivity contribution is 0.0834. The molecule has 0 amide bonds. The Bertz CT molecular complexity index is 154. The van der Waals surface area contributed by atoms with Gasteiger partial charge in [-0.15, -0.1) is 0 Å². The smallest absolute Gasteiger partial charge is 0.0301 e. The number of hydrogen-bond acceptors (Lipinski definition) is 6. The van der Waals surface area contributed by atoms with E-state index < -0.39 is 0 Å². The van der Waals surface area contributed by atoms with Crippen molar-refractivity contribution in [3.8, 4) is 0 Å². The van der Waals surface area contributed by atoms with Crippen LogP contribution in [-0.4, -0.2) is 50.9 Å². The van der Waals surface area contributed by atoms with Gasteiger partial charge >= 0.3 is 0 Å². The molecule has 1 heterocycles. The summed E-state index contributed by atoms with van der Waals surface area (Å²) in [6.45, 7) is 9.16. The second-order valence-electron chi connectivity index (χ2n) is 4.31. The van der Waals surface area contributed by atoms with Crippen molar-refractivity contribution >= 4 is 0 Å². The predicted octanol–water partition coefficient (Wildman–Crippen LogP) is -0.815. The number of hydrogen-bond donors (Lipinski definition) is 5. The molecule has 0 bridgehead atoms. The third kappa shape index (κ3) is 8.48. The van der Waals surface area contributed by atoms with E-state index in [1.165, 1.54) is 19.3 Å². The highest BCUT2D eigenvalue weighted by Gasteiger charge is 2.02. The van der Waals surface area contributed by atoms with E-state index in [0.717, 1.165) is 45.8 Å². The molecule has 5 N–H and O–H groups in total. The Morgan fingerprint density at radius 1 is 0.882 bits per heavy atom. The second-order valence-corrected chi connectivity index (χ2v) is 4.31. The Labute approximate surface area is 105 Å². The first-order valence-corrected chi connectivity index (χ1v) is 6.84. The Morgan fingerprint density at radius 3 is 2.35 bits per heavy atom. The fourth-order valence-electron chi connectivity index (χ4n) is 1.70. The van der Waals surface area contributed by atoms with Crippen molar-refractivity contribution in [3.63, 3.8) is 0 Å². The van der Waals surface area contributed by atoms with Crippen LogP contribution in [0.25, 0.3) is 0 Å². The maximum absolute atomic E-state index is 3.39. The predicted molar refractivity (Wildman–Crippen MR) is 71.1 cm³/mol. The maximum Gasteiger partial charge on any atom is 0.0301 e. The summed E-state index contributed by atoms with van der Waals surface area (Å²) < 4.78 is 0. The molecule has 1 aliphatic rings. The molecule has 0 aliphatic carbocycles. The molecule has 6 nitrogen and oxygen atoms in total. The zero-order chi connectivity index (χ0) is 12.2. The zero-order valence-electron chi connectivity index (χ0n) is 11.0. The Hall–Kier alpha value is -0.240. The molecule has 0 saturated carbocycles. The standard InChI is InChI=1S/C11H28N6/c1-2-3-4-11-17-15-10-8-13-6-5-12-7-9-14-16-17/h12-16H,2-11H2,1H3. The minimum absolute atomic E-state index is 0.923. The minimum atomic E-state index is 0.923. The average Bonchev–Trinajstić information content (AvgIpc) is 2.32. The summed E-state index contributed by atoms with van der Waals surface area (Å²) >= 11 is 0. The van der Waals surface area contributed by atoms with Gasteiger partial charge < -0.3 is 10.6 Å². The van der Waals surface area contributed by atoms with Gasteiger partial charge in [-0.3, -0.25) is 0 Å². The van der Waals surface area contributed by atoms with Gasteiger partial charge in [-0.25, -0.2) is 10.9 Å². The quantitative estimate of drug-likeness (QED) is 0.417. The highest BCUT2D eigenvalue weighted by atomic mass is 15.8. The van der Waals surface area contributed by atoms with Gasteiger partial charge in [0.2, 0.25) is 0 Å². The van der Waals surface area contributed by atoms with Crippen LogP contribution in [0.15, 0.2) is 0 Å². The summed E-state index contributed by atoms with van der Waals surface area (Å²) in [6.07, 6.45) is 3.75. The van der Waals surface area contributed by atoms with Gasteiger partial charge in [-0.05, 0) is 6.42 Å². The third-order valence-corrected chi connectivity index (χ3v) is 2.71. The third-order valence-electron chi connectivity index (χ3n) is 2.71. The van der Waals surface area contributed by atoms with Crippen molar-refractivity contribution in [1.29, 1.82) is 0 Å². The van der Waals surface area contributed by atoms with Gasteiger partial charge in [-0.1, -0.05) is 19.8 Å². The first-order valence-electron chi connectivity index (χ1n) is 6.84. The maximum atomic E-state index is 3.39. The first-order chi connectivity index (χ1) is 8.43. The molecule has 17 heavy (non-hydrogen) atoms. The molecule has 1 fully saturated rings. The summed E-state index contributed by atoms with van der Waals surface area (Å²) in [5.74, 6) is 0. The fourth-order valence-corrected chi connectivity index (χ4v) is 1.70. The van der Waals surface area contributed by atoms with Crippen LogP contribution in [0.5, 0.6) is 0 Å².